The van der Waals surface area contributed by atoms with Crippen molar-refractivity contribution in [2.45, 2.75) is 23.1 Å². The van der Waals surface area contributed by atoms with Crippen molar-refractivity contribution in [3.8, 4) is 11.5 Å². The Morgan fingerprint density at radius 2 is 1.66 bits per heavy atom. The van der Waals surface area contributed by atoms with Gasteiger partial charge in [0, 0.05) is 10.8 Å². The summed E-state index contributed by atoms with van der Waals surface area (Å²) >= 11 is 2.35. The first-order valence-electron chi connectivity index (χ1n) is 9.99. The number of aromatic amines is 1. The number of ether oxygens (including phenoxy) is 2. The molecule has 1 aromatic heterocycles. The lowest BCUT2D eigenvalue weighted by molar-refractivity contribution is -0.122. The van der Waals surface area contributed by atoms with Crippen LogP contribution in [0.25, 0.3) is 0 Å². The minimum absolute atomic E-state index is 0.205. The molecule has 0 bridgehead atoms. The summed E-state index contributed by atoms with van der Waals surface area (Å²) in [4.78, 5) is 43.9. The number of H-pyrrole nitrogens is 1. The van der Waals surface area contributed by atoms with Gasteiger partial charge in [-0.05, 0) is 36.8 Å². The number of thioether (sulfide) groups is 1. The summed E-state index contributed by atoms with van der Waals surface area (Å²) in [6, 6.07) is 12.8. The normalized spacial score (nSPS) is 22.0. The highest BCUT2D eigenvalue weighted by Crippen LogP contribution is 2.53. The van der Waals surface area contributed by atoms with E-state index in [1.165, 1.54) is 16.7 Å². The topological polar surface area (TPSA) is 88.7 Å². The molecule has 32 heavy (non-hydrogen) atoms. The van der Waals surface area contributed by atoms with Crippen molar-refractivity contribution in [2.24, 2.45) is 5.92 Å². The van der Waals surface area contributed by atoms with Gasteiger partial charge in [-0.15, -0.1) is 0 Å². The number of fused-ring (bicyclic) bond motifs is 2. The number of aryl methyl sites for hydroxylation is 1. The Kier molecular flexibility index (Phi) is 5.10. The van der Waals surface area contributed by atoms with Crippen LogP contribution in [0.5, 0.6) is 11.5 Å². The molecule has 0 aliphatic carbocycles. The fourth-order valence-electron chi connectivity index (χ4n) is 4.37. The van der Waals surface area contributed by atoms with Gasteiger partial charge in [0.15, 0.2) is 11.5 Å². The Labute approximate surface area is 192 Å². The molecule has 5 rings (SSSR count). The van der Waals surface area contributed by atoms with Gasteiger partial charge in [0.1, 0.15) is 5.25 Å². The van der Waals surface area contributed by atoms with E-state index >= 15 is 0 Å². The summed E-state index contributed by atoms with van der Waals surface area (Å²) in [7, 11) is 3.10. The predicted octanol–water partition coefficient (Wildman–Crippen LogP) is 3.56. The van der Waals surface area contributed by atoms with E-state index in [0.717, 1.165) is 27.3 Å². The van der Waals surface area contributed by atoms with Crippen LogP contribution in [0.1, 0.15) is 21.9 Å². The molecular weight excluding hydrogens is 448 g/mol. The Hall–Kier alpha value is -3.04. The number of thiazole rings is 1. The van der Waals surface area contributed by atoms with Gasteiger partial charge in [0.25, 0.3) is 0 Å². The largest absolute Gasteiger partial charge is 0.493 e. The van der Waals surface area contributed by atoms with Crippen LogP contribution in [0.15, 0.2) is 52.3 Å². The lowest BCUT2D eigenvalue weighted by atomic mass is 9.83. The molecule has 2 aromatic carbocycles. The van der Waals surface area contributed by atoms with Crippen LogP contribution in [0.2, 0.25) is 0 Å². The summed E-state index contributed by atoms with van der Waals surface area (Å²) in [6.07, 6.45) is 0. The lowest BCUT2D eigenvalue weighted by Gasteiger charge is -2.30. The molecule has 2 amide bonds. The molecule has 3 heterocycles. The first-order chi connectivity index (χ1) is 15.4. The Morgan fingerprint density at radius 3 is 2.34 bits per heavy atom. The number of benzene rings is 2. The Morgan fingerprint density at radius 1 is 0.938 bits per heavy atom. The van der Waals surface area contributed by atoms with Gasteiger partial charge in [-0.3, -0.25) is 14.4 Å². The number of methoxy groups -OCH3 is 2. The molecule has 2 unspecified atom stereocenters. The van der Waals surface area contributed by atoms with Gasteiger partial charge in [0.2, 0.25) is 11.8 Å². The number of hydrogen-bond acceptors (Lipinski definition) is 7. The van der Waals surface area contributed by atoms with Crippen molar-refractivity contribution in [2.75, 3.05) is 19.1 Å². The first-order valence-corrected chi connectivity index (χ1v) is 11.7. The van der Waals surface area contributed by atoms with Crippen LogP contribution in [0, 0.1) is 12.8 Å². The fourth-order valence-corrected chi connectivity index (χ4v) is 6.89. The number of nitrogens with zero attached hydrogens (tertiary/aromatic N) is 1. The summed E-state index contributed by atoms with van der Waals surface area (Å²) in [5.41, 5.74) is 2.40. The van der Waals surface area contributed by atoms with Crippen LogP contribution < -0.4 is 19.2 Å². The number of anilines is 1. The van der Waals surface area contributed by atoms with E-state index in [0.29, 0.717) is 22.2 Å². The van der Waals surface area contributed by atoms with Crippen LogP contribution in [0.3, 0.4) is 0 Å². The van der Waals surface area contributed by atoms with E-state index in [1.54, 1.807) is 32.4 Å². The van der Waals surface area contributed by atoms with Crippen LogP contribution in [-0.4, -0.2) is 36.3 Å². The first kappa shape index (κ1) is 20.8. The monoisotopic (exact) mass is 468 g/mol. The second-order valence-corrected chi connectivity index (χ2v) is 9.88. The molecule has 1 fully saturated rings. The highest BCUT2D eigenvalue weighted by molar-refractivity contribution is 8.00. The van der Waals surface area contributed by atoms with E-state index in [2.05, 4.69) is 4.98 Å². The maximum absolute atomic E-state index is 13.7. The van der Waals surface area contributed by atoms with E-state index in [-0.39, 0.29) is 16.7 Å². The van der Waals surface area contributed by atoms with Gasteiger partial charge in [0.05, 0.1) is 30.9 Å². The maximum atomic E-state index is 13.7. The number of carbonyl (C=O) groups excluding carboxylic acids is 2. The molecule has 3 atom stereocenters. The number of amides is 2. The zero-order chi connectivity index (χ0) is 22.6. The Bertz CT molecular complexity index is 1280. The molecule has 0 saturated carbocycles. The van der Waals surface area contributed by atoms with E-state index in [4.69, 9.17) is 9.47 Å². The van der Waals surface area contributed by atoms with Gasteiger partial charge in [-0.2, -0.15) is 0 Å². The van der Waals surface area contributed by atoms with Crippen LogP contribution >= 0.6 is 23.1 Å². The average molecular weight is 469 g/mol. The Balaban J connectivity index is 1.65. The number of hydrogen-bond donors (Lipinski definition) is 1. The van der Waals surface area contributed by atoms with Crippen molar-refractivity contribution >= 4 is 40.6 Å². The van der Waals surface area contributed by atoms with Gasteiger partial charge < -0.3 is 14.5 Å². The standard InChI is InChI=1S/C23H20N2O5S2/c1-11-4-7-13(8-5-11)25-21(26)17-16(12-6-9-14(29-2)15(10-12)30-3)18-20(24-23(28)32-18)31-19(17)22(25)27/h4-10,16-17,19H,1-3H3,(H,24,28)/t16-,17?,19?/m1/s1. The molecule has 0 spiro atoms. The minimum atomic E-state index is -0.633. The molecule has 0 radical (unpaired) electrons. The molecule has 1 N–H and O–H groups in total. The number of carbonyl (C=O) groups is 2. The minimum Gasteiger partial charge on any atom is -0.493 e. The third-order valence-electron chi connectivity index (χ3n) is 5.88. The maximum Gasteiger partial charge on any atom is 0.305 e. The van der Waals surface area contributed by atoms with Gasteiger partial charge >= 0.3 is 4.87 Å². The molecule has 7 nitrogen and oxygen atoms in total. The number of imide groups is 1. The number of aromatic nitrogens is 1. The summed E-state index contributed by atoms with van der Waals surface area (Å²) in [5.74, 6) is -0.524. The molecule has 9 heteroatoms. The van der Waals surface area contributed by atoms with Crippen molar-refractivity contribution < 1.29 is 19.1 Å². The molecule has 164 valence electrons. The van der Waals surface area contributed by atoms with Crippen molar-refractivity contribution in [1.29, 1.82) is 0 Å². The predicted molar refractivity (Wildman–Crippen MR) is 123 cm³/mol. The number of rotatable bonds is 4. The molecular formula is C23H20N2O5S2. The molecule has 2 aliphatic rings. The third kappa shape index (κ3) is 3.15. The average Bonchev–Trinajstić information content (AvgIpc) is 3.28. The second kappa shape index (κ2) is 7.83. The van der Waals surface area contributed by atoms with Gasteiger partial charge in [-0.25, -0.2) is 4.90 Å². The molecule has 2 aliphatic heterocycles. The quantitative estimate of drug-likeness (QED) is 0.589. The summed E-state index contributed by atoms with van der Waals surface area (Å²) in [6.45, 7) is 1.95. The van der Waals surface area contributed by atoms with E-state index < -0.39 is 17.1 Å². The SMILES string of the molecule is COc1ccc([C@H]2c3sc(=O)[nH]c3SC3C(=O)N(c4ccc(C)cc4)C(=O)C32)cc1OC. The highest BCUT2D eigenvalue weighted by Gasteiger charge is 2.56. The number of nitrogens with one attached hydrogen (secondary N) is 1. The van der Waals surface area contributed by atoms with Crippen LogP contribution in [0.4, 0.5) is 5.69 Å². The smallest absolute Gasteiger partial charge is 0.305 e. The molecule has 1 saturated heterocycles. The second-order valence-electron chi connectivity index (χ2n) is 7.71. The summed E-state index contributed by atoms with van der Waals surface area (Å²) in [5, 5.41) is 0.0209. The molecule has 3 aromatic rings. The fraction of sp³-hybridized carbons (Fsp3) is 0.261. The van der Waals surface area contributed by atoms with Gasteiger partial charge in [-0.1, -0.05) is 46.9 Å². The van der Waals surface area contributed by atoms with E-state index in [9.17, 15) is 14.4 Å². The highest BCUT2D eigenvalue weighted by atomic mass is 32.2. The van der Waals surface area contributed by atoms with Crippen LogP contribution in [-0.2, 0) is 9.59 Å². The lowest BCUT2D eigenvalue weighted by Crippen LogP contribution is -2.32. The van der Waals surface area contributed by atoms with Crippen molar-refractivity contribution in [1.82, 2.24) is 4.98 Å². The van der Waals surface area contributed by atoms with Crippen molar-refractivity contribution in [3.63, 3.8) is 0 Å². The summed E-state index contributed by atoms with van der Waals surface area (Å²) < 4.78 is 10.8. The zero-order valence-electron chi connectivity index (χ0n) is 17.6. The van der Waals surface area contributed by atoms with Crippen molar-refractivity contribution in [3.05, 3.63) is 68.1 Å². The third-order valence-corrected chi connectivity index (χ3v) is 8.28. The van der Waals surface area contributed by atoms with E-state index in [1.807, 2.05) is 31.2 Å². The zero-order valence-corrected chi connectivity index (χ0v) is 19.2.